The van der Waals surface area contributed by atoms with Crippen LogP contribution in [-0.4, -0.2) is 41.1 Å². The number of hydrogen-bond acceptors (Lipinski definition) is 5. The Morgan fingerprint density at radius 1 is 1.22 bits per heavy atom. The number of aromatic nitrogens is 2. The highest BCUT2D eigenvalue weighted by atomic mass is 19.1. The Morgan fingerprint density at radius 2 is 2.00 bits per heavy atom. The molecule has 1 aliphatic heterocycles. The van der Waals surface area contributed by atoms with E-state index < -0.39 is 11.6 Å². The third-order valence-electron chi connectivity index (χ3n) is 3.80. The number of nitrogens with zero attached hydrogens (tertiary/aromatic N) is 3. The summed E-state index contributed by atoms with van der Waals surface area (Å²) in [5.74, 6) is 0.136. The SMILES string of the molecule is COc1cc(NC2CCN(Cc3cc(F)cc(F)c3)C2)ncn1. The van der Waals surface area contributed by atoms with E-state index in [4.69, 9.17) is 4.74 Å². The molecule has 1 saturated heterocycles. The minimum atomic E-state index is -0.540. The van der Waals surface area contributed by atoms with Crippen molar-refractivity contribution >= 4 is 5.82 Å². The minimum Gasteiger partial charge on any atom is -0.481 e. The standard InChI is InChI=1S/C16H18F2N4O/c1-23-16-7-15(19-10-20-16)21-14-2-3-22(9-14)8-11-4-12(17)6-13(18)5-11/h4-7,10,14H,2-3,8-9H2,1H3,(H,19,20,21). The van der Waals surface area contributed by atoms with Crippen molar-refractivity contribution in [3.8, 4) is 5.88 Å². The summed E-state index contributed by atoms with van der Waals surface area (Å²) < 4.78 is 31.6. The van der Waals surface area contributed by atoms with Crippen LogP contribution in [0.15, 0.2) is 30.6 Å². The molecular formula is C16H18F2N4O. The van der Waals surface area contributed by atoms with E-state index in [0.717, 1.165) is 25.6 Å². The molecule has 0 radical (unpaired) electrons. The first-order chi connectivity index (χ1) is 11.1. The lowest BCUT2D eigenvalue weighted by Crippen LogP contribution is -2.26. The number of benzene rings is 1. The van der Waals surface area contributed by atoms with E-state index in [-0.39, 0.29) is 6.04 Å². The fraction of sp³-hybridized carbons (Fsp3) is 0.375. The second kappa shape index (κ2) is 6.87. The van der Waals surface area contributed by atoms with Gasteiger partial charge in [0.15, 0.2) is 0 Å². The molecule has 1 fully saturated rings. The Kier molecular flexibility index (Phi) is 4.66. The highest BCUT2D eigenvalue weighted by Gasteiger charge is 2.23. The largest absolute Gasteiger partial charge is 0.481 e. The average Bonchev–Trinajstić information content (AvgIpc) is 2.93. The van der Waals surface area contributed by atoms with Crippen molar-refractivity contribution in [2.75, 3.05) is 25.5 Å². The van der Waals surface area contributed by atoms with Gasteiger partial charge in [-0.1, -0.05) is 0 Å². The second-order valence-electron chi connectivity index (χ2n) is 5.59. The minimum absolute atomic E-state index is 0.230. The van der Waals surface area contributed by atoms with Crippen molar-refractivity contribution in [2.24, 2.45) is 0 Å². The van der Waals surface area contributed by atoms with Gasteiger partial charge < -0.3 is 10.1 Å². The Balaban J connectivity index is 1.57. The number of nitrogens with one attached hydrogen (secondary N) is 1. The molecule has 0 amide bonds. The Morgan fingerprint density at radius 3 is 2.74 bits per heavy atom. The van der Waals surface area contributed by atoms with Crippen LogP contribution in [0.5, 0.6) is 5.88 Å². The van der Waals surface area contributed by atoms with Gasteiger partial charge in [-0.15, -0.1) is 0 Å². The fourth-order valence-corrected chi connectivity index (χ4v) is 2.79. The Bertz CT molecular complexity index is 663. The molecule has 23 heavy (non-hydrogen) atoms. The molecule has 0 spiro atoms. The summed E-state index contributed by atoms with van der Waals surface area (Å²) in [5.41, 5.74) is 0.645. The quantitative estimate of drug-likeness (QED) is 0.917. The van der Waals surface area contributed by atoms with E-state index in [1.165, 1.54) is 18.5 Å². The molecule has 0 saturated carbocycles. The normalized spacial score (nSPS) is 18.1. The highest BCUT2D eigenvalue weighted by Crippen LogP contribution is 2.19. The van der Waals surface area contributed by atoms with E-state index in [9.17, 15) is 8.78 Å². The van der Waals surface area contributed by atoms with Crippen molar-refractivity contribution < 1.29 is 13.5 Å². The summed E-state index contributed by atoms with van der Waals surface area (Å²) >= 11 is 0. The second-order valence-corrected chi connectivity index (χ2v) is 5.59. The first-order valence-electron chi connectivity index (χ1n) is 7.42. The summed E-state index contributed by atoms with van der Waals surface area (Å²) in [6, 6.07) is 5.61. The van der Waals surface area contributed by atoms with E-state index in [2.05, 4.69) is 20.2 Å². The van der Waals surface area contributed by atoms with Crippen LogP contribution in [0.3, 0.4) is 0 Å². The summed E-state index contributed by atoms with van der Waals surface area (Å²) in [6.45, 7) is 2.17. The summed E-state index contributed by atoms with van der Waals surface area (Å²) in [6.07, 6.45) is 2.38. The predicted octanol–water partition coefficient (Wildman–Crippen LogP) is 2.45. The van der Waals surface area contributed by atoms with Gasteiger partial charge in [0.25, 0.3) is 0 Å². The maximum absolute atomic E-state index is 13.2. The van der Waals surface area contributed by atoms with Crippen molar-refractivity contribution in [3.63, 3.8) is 0 Å². The monoisotopic (exact) mass is 320 g/mol. The predicted molar refractivity (Wildman–Crippen MR) is 82.2 cm³/mol. The number of anilines is 1. The number of halogens is 2. The van der Waals surface area contributed by atoms with Crippen molar-refractivity contribution in [1.29, 1.82) is 0 Å². The van der Waals surface area contributed by atoms with E-state index in [0.29, 0.717) is 23.8 Å². The van der Waals surface area contributed by atoms with Gasteiger partial charge in [0, 0.05) is 37.8 Å². The third-order valence-corrected chi connectivity index (χ3v) is 3.80. The van der Waals surface area contributed by atoms with Gasteiger partial charge in [-0.3, -0.25) is 4.90 Å². The molecule has 122 valence electrons. The van der Waals surface area contributed by atoms with Crippen LogP contribution >= 0.6 is 0 Å². The van der Waals surface area contributed by atoms with Gasteiger partial charge in [-0.25, -0.2) is 18.7 Å². The molecule has 0 bridgehead atoms. The van der Waals surface area contributed by atoms with Gasteiger partial charge >= 0.3 is 0 Å². The van der Waals surface area contributed by atoms with Crippen molar-refractivity contribution in [2.45, 2.75) is 19.0 Å². The summed E-state index contributed by atoms with van der Waals surface area (Å²) in [7, 11) is 1.56. The third kappa shape index (κ3) is 4.13. The molecule has 0 aliphatic carbocycles. The number of ether oxygens (including phenoxy) is 1. The smallest absolute Gasteiger partial charge is 0.218 e. The molecule has 2 heterocycles. The first kappa shape index (κ1) is 15.6. The topological polar surface area (TPSA) is 50.3 Å². The van der Waals surface area contributed by atoms with Gasteiger partial charge in [0.2, 0.25) is 5.88 Å². The van der Waals surface area contributed by atoms with Gasteiger partial charge in [0.05, 0.1) is 7.11 Å². The van der Waals surface area contributed by atoms with Crippen LogP contribution in [0, 0.1) is 11.6 Å². The van der Waals surface area contributed by atoms with E-state index in [1.54, 1.807) is 13.2 Å². The maximum atomic E-state index is 13.2. The molecule has 5 nitrogen and oxygen atoms in total. The molecule has 2 aromatic rings. The molecule has 1 aromatic heterocycles. The van der Waals surface area contributed by atoms with Gasteiger partial charge in [-0.05, 0) is 24.1 Å². The molecule has 1 unspecified atom stereocenters. The lowest BCUT2D eigenvalue weighted by Gasteiger charge is -2.17. The van der Waals surface area contributed by atoms with Crippen LogP contribution in [-0.2, 0) is 6.54 Å². The molecule has 1 atom stereocenters. The number of likely N-dealkylation sites (tertiary alicyclic amines) is 1. The molecule has 3 rings (SSSR count). The van der Waals surface area contributed by atoms with Crippen LogP contribution in [0.1, 0.15) is 12.0 Å². The fourth-order valence-electron chi connectivity index (χ4n) is 2.79. The van der Waals surface area contributed by atoms with E-state index in [1.807, 2.05) is 0 Å². The molecule has 1 aliphatic rings. The zero-order valence-electron chi connectivity index (χ0n) is 12.8. The molecular weight excluding hydrogens is 302 g/mol. The number of rotatable bonds is 5. The molecule has 7 heteroatoms. The lowest BCUT2D eigenvalue weighted by atomic mass is 10.2. The van der Waals surface area contributed by atoms with Gasteiger partial charge in [-0.2, -0.15) is 0 Å². The lowest BCUT2D eigenvalue weighted by molar-refractivity contribution is 0.327. The highest BCUT2D eigenvalue weighted by molar-refractivity contribution is 5.38. The summed E-state index contributed by atoms with van der Waals surface area (Å²) in [5, 5.41) is 3.33. The Labute approximate surface area is 133 Å². The summed E-state index contributed by atoms with van der Waals surface area (Å²) in [4.78, 5) is 10.3. The van der Waals surface area contributed by atoms with Crippen molar-refractivity contribution in [3.05, 3.63) is 47.8 Å². The number of hydrogen-bond donors (Lipinski definition) is 1. The average molecular weight is 320 g/mol. The van der Waals surface area contributed by atoms with Crippen molar-refractivity contribution in [1.82, 2.24) is 14.9 Å². The van der Waals surface area contributed by atoms with E-state index >= 15 is 0 Å². The van der Waals surface area contributed by atoms with Crippen LogP contribution < -0.4 is 10.1 Å². The number of methoxy groups -OCH3 is 1. The van der Waals surface area contributed by atoms with Crippen LogP contribution in [0.4, 0.5) is 14.6 Å². The zero-order chi connectivity index (χ0) is 16.2. The first-order valence-corrected chi connectivity index (χ1v) is 7.42. The zero-order valence-corrected chi connectivity index (χ0v) is 12.8. The van der Waals surface area contributed by atoms with Crippen LogP contribution in [0.2, 0.25) is 0 Å². The Hall–Kier alpha value is -2.28. The molecule has 1 N–H and O–H groups in total. The molecule has 1 aromatic carbocycles. The van der Waals surface area contributed by atoms with Gasteiger partial charge in [0.1, 0.15) is 23.8 Å². The maximum Gasteiger partial charge on any atom is 0.218 e. The van der Waals surface area contributed by atoms with Crippen LogP contribution in [0.25, 0.3) is 0 Å².